The first-order valence-corrected chi connectivity index (χ1v) is 10.0. The largest absolute Gasteiger partial charge is 0.513 e. The number of rotatable bonds is 4. The van der Waals surface area contributed by atoms with Crippen LogP contribution in [0.25, 0.3) is 11.0 Å². The number of anilines is 1. The van der Waals surface area contributed by atoms with Gasteiger partial charge in [0.05, 0.1) is 0 Å². The number of fused-ring (bicyclic) bond motifs is 1. The fraction of sp³-hybridized carbons (Fsp3) is 0.286. The van der Waals surface area contributed by atoms with Gasteiger partial charge >= 0.3 is 6.16 Å². The van der Waals surface area contributed by atoms with E-state index in [-0.39, 0.29) is 5.95 Å². The van der Waals surface area contributed by atoms with E-state index in [0.29, 0.717) is 15.6 Å². The first kappa shape index (κ1) is 19.9. The summed E-state index contributed by atoms with van der Waals surface area (Å²) < 4.78 is 10.1. The molecule has 0 spiro atoms. The van der Waals surface area contributed by atoms with Crippen LogP contribution in [-0.4, -0.2) is 42.3 Å². The maximum absolute atomic E-state index is 10.7. The molecule has 2 aromatic carbocycles. The van der Waals surface area contributed by atoms with Gasteiger partial charge in [0, 0.05) is 65.5 Å². The van der Waals surface area contributed by atoms with Gasteiger partial charge in [-0.1, -0.05) is 29.3 Å². The Morgan fingerprint density at radius 1 is 1.14 bits per heavy atom. The minimum Gasteiger partial charge on any atom is -0.449 e. The molecular weight excluding hydrogens is 415 g/mol. The lowest BCUT2D eigenvalue weighted by Gasteiger charge is -2.37. The predicted molar refractivity (Wildman–Crippen MR) is 114 cm³/mol. The van der Waals surface area contributed by atoms with Gasteiger partial charge in [-0.3, -0.25) is 4.90 Å². The molecule has 0 saturated carbocycles. The minimum atomic E-state index is -1.39. The van der Waals surface area contributed by atoms with Crippen LogP contribution >= 0.6 is 23.2 Å². The summed E-state index contributed by atoms with van der Waals surface area (Å²) in [4.78, 5) is 15.4. The number of aryl methyl sites for hydroxylation is 1. The second-order valence-corrected chi connectivity index (χ2v) is 7.83. The van der Waals surface area contributed by atoms with Gasteiger partial charge < -0.3 is 19.2 Å². The third kappa shape index (κ3) is 4.15. The Hall–Kier alpha value is -2.41. The molecule has 1 fully saturated rings. The maximum atomic E-state index is 10.7. The van der Waals surface area contributed by atoms with Crippen molar-refractivity contribution >= 4 is 46.0 Å². The van der Waals surface area contributed by atoms with Crippen molar-refractivity contribution in [2.24, 2.45) is 0 Å². The molecule has 0 unspecified atom stereocenters. The monoisotopic (exact) mass is 434 g/mol. The first-order valence-electron chi connectivity index (χ1n) is 9.26. The van der Waals surface area contributed by atoms with Gasteiger partial charge in [-0.2, -0.15) is 0 Å². The molecule has 6 nitrogen and oxygen atoms in total. The number of benzene rings is 2. The fourth-order valence-corrected chi connectivity index (χ4v) is 4.27. The number of halogens is 2. The second kappa shape index (κ2) is 8.14. The van der Waals surface area contributed by atoms with E-state index in [4.69, 9.17) is 32.7 Å². The Kier molecular flexibility index (Phi) is 5.58. The Morgan fingerprint density at radius 2 is 1.83 bits per heavy atom. The van der Waals surface area contributed by atoms with Crippen molar-refractivity contribution in [2.45, 2.75) is 13.5 Å². The molecule has 3 aromatic rings. The number of hydrogen-bond donors (Lipinski definition) is 1. The molecule has 152 valence electrons. The molecule has 0 atom stereocenters. The molecule has 1 aliphatic rings. The van der Waals surface area contributed by atoms with E-state index >= 15 is 0 Å². The van der Waals surface area contributed by atoms with Crippen LogP contribution in [0.4, 0.5) is 10.5 Å². The van der Waals surface area contributed by atoms with Crippen LogP contribution < -0.4 is 9.64 Å². The molecule has 2 heterocycles. The highest BCUT2D eigenvalue weighted by atomic mass is 35.5. The van der Waals surface area contributed by atoms with Crippen molar-refractivity contribution in [2.75, 3.05) is 31.1 Å². The molecular formula is C21H20Cl2N2O4. The van der Waals surface area contributed by atoms with Crippen molar-refractivity contribution in [1.82, 2.24) is 4.90 Å². The summed E-state index contributed by atoms with van der Waals surface area (Å²) in [5.41, 5.74) is 3.71. The van der Waals surface area contributed by atoms with E-state index in [1.165, 1.54) is 0 Å². The topological polar surface area (TPSA) is 66.2 Å². The van der Waals surface area contributed by atoms with E-state index in [0.717, 1.165) is 54.9 Å². The summed E-state index contributed by atoms with van der Waals surface area (Å²) in [6.07, 6.45) is -1.39. The minimum absolute atomic E-state index is 0.0193. The Labute approximate surface area is 178 Å². The normalized spacial score (nSPS) is 15.1. The molecule has 1 saturated heterocycles. The van der Waals surface area contributed by atoms with Gasteiger partial charge in [0.1, 0.15) is 5.58 Å². The summed E-state index contributed by atoms with van der Waals surface area (Å²) in [5, 5.41) is 11.0. The molecule has 1 N–H and O–H groups in total. The molecule has 0 aliphatic carbocycles. The zero-order valence-electron chi connectivity index (χ0n) is 15.8. The Morgan fingerprint density at radius 3 is 2.48 bits per heavy atom. The Balaban J connectivity index is 1.47. The highest BCUT2D eigenvalue weighted by molar-refractivity contribution is 6.35. The van der Waals surface area contributed by atoms with Gasteiger partial charge in [-0.05, 0) is 36.8 Å². The van der Waals surface area contributed by atoms with Crippen molar-refractivity contribution in [3.05, 3.63) is 57.6 Å². The zero-order chi connectivity index (χ0) is 20.5. The number of piperazine rings is 1. The molecule has 0 amide bonds. The van der Waals surface area contributed by atoms with E-state index < -0.39 is 6.16 Å². The molecule has 29 heavy (non-hydrogen) atoms. The average Bonchev–Trinajstić information content (AvgIpc) is 3.09. The molecule has 1 aromatic heterocycles. The summed E-state index contributed by atoms with van der Waals surface area (Å²) in [6, 6.07) is 11.1. The van der Waals surface area contributed by atoms with Crippen molar-refractivity contribution in [1.29, 1.82) is 0 Å². The molecule has 8 heteroatoms. The lowest BCUT2D eigenvalue weighted by molar-refractivity contribution is 0.134. The fourth-order valence-electron chi connectivity index (χ4n) is 3.75. The number of furan rings is 1. The number of ether oxygens (including phenoxy) is 1. The number of hydrogen-bond acceptors (Lipinski definition) is 5. The number of carbonyl (C=O) groups is 1. The highest BCUT2D eigenvalue weighted by Crippen LogP contribution is 2.34. The summed E-state index contributed by atoms with van der Waals surface area (Å²) in [6.45, 7) is 6.24. The lowest BCUT2D eigenvalue weighted by atomic mass is 10.1. The Bertz CT molecular complexity index is 1040. The second-order valence-electron chi connectivity index (χ2n) is 7.02. The van der Waals surface area contributed by atoms with Gasteiger partial charge in [0.2, 0.25) is 0 Å². The van der Waals surface area contributed by atoms with Crippen LogP contribution in [0.15, 0.2) is 40.8 Å². The van der Waals surface area contributed by atoms with Crippen LogP contribution in [0.1, 0.15) is 11.1 Å². The molecule has 0 radical (unpaired) electrons. The SMILES string of the molecule is Cc1c(N2CCN(Cc3c(Cl)cccc3Cl)CC2)ccc2oc(OC(=O)O)cc12. The van der Waals surface area contributed by atoms with Crippen molar-refractivity contribution in [3.8, 4) is 5.95 Å². The van der Waals surface area contributed by atoms with Gasteiger partial charge in [-0.15, -0.1) is 0 Å². The first-order chi connectivity index (χ1) is 13.9. The molecule has 4 rings (SSSR count). The van der Waals surface area contributed by atoms with E-state index in [2.05, 4.69) is 14.5 Å². The van der Waals surface area contributed by atoms with Crippen LogP contribution in [0.2, 0.25) is 10.0 Å². The quantitative estimate of drug-likeness (QED) is 0.552. The molecule has 0 bridgehead atoms. The smallest absolute Gasteiger partial charge is 0.449 e. The third-order valence-corrected chi connectivity index (χ3v) is 5.97. The maximum Gasteiger partial charge on any atom is 0.513 e. The van der Waals surface area contributed by atoms with E-state index in [1.54, 1.807) is 6.07 Å². The summed E-state index contributed by atoms with van der Waals surface area (Å²) in [5.74, 6) is -0.0193. The zero-order valence-corrected chi connectivity index (χ0v) is 17.3. The van der Waals surface area contributed by atoms with Crippen LogP contribution in [-0.2, 0) is 6.54 Å². The third-order valence-electron chi connectivity index (χ3n) is 5.26. The van der Waals surface area contributed by atoms with Crippen LogP contribution in [0.3, 0.4) is 0 Å². The van der Waals surface area contributed by atoms with Gasteiger partial charge in [0.15, 0.2) is 0 Å². The lowest BCUT2D eigenvalue weighted by Crippen LogP contribution is -2.46. The van der Waals surface area contributed by atoms with Crippen molar-refractivity contribution < 1.29 is 19.1 Å². The average molecular weight is 435 g/mol. The van der Waals surface area contributed by atoms with Crippen LogP contribution in [0.5, 0.6) is 5.95 Å². The van der Waals surface area contributed by atoms with E-state index in [1.807, 2.05) is 37.3 Å². The standard InChI is InChI=1S/C21H20Cl2N2O4/c1-13-14-11-20(29-21(26)27)28-19(14)6-5-18(13)25-9-7-24(8-10-25)12-15-16(22)3-2-4-17(15)23/h2-6,11H,7-10,12H2,1H3,(H,26,27). The predicted octanol–water partition coefficient (Wildman–Crippen LogP) is 5.43. The molecule has 1 aliphatic heterocycles. The summed E-state index contributed by atoms with van der Waals surface area (Å²) >= 11 is 12.6. The number of nitrogens with zero attached hydrogens (tertiary/aromatic N) is 2. The van der Waals surface area contributed by atoms with Gasteiger partial charge in [0.25, 0.3) is 5.95 Å². The summed E-state index contributed by atoms with van der Waals surface area (Å²) in [7, 11) is 0. The van der Waals surface area contributed by atoms with E-state index in [9.17, 15) is 4.79 Å². The van der Waals surface area contributed by atoms with Crippen molar-refractivity contribution in [3.63, 3.8) is 0 Å². The number of carboxylic acid groups (broad SMARTS) is 1. The van der Waals surface area contributed by atoms with Crippen LogP contribution in [0, 0.1) is 6.92 Å². The van der Waals surface area contributed by atoms with Gasteiger partial charge in [-0.25, -0.2) is 4.79 Å². The highest BCUT2D eigenvalue weighted by Gasteiger charge is 2.22.